The van der Waals surface area contributed by atoms with Crippen molar-refractivity contribution in [3.8, 4) is 0 Å². The van der Waals surface area contributed by atoms with Gasteiger partial charge in [0.15, 0.2) is 0 Å². The Balaban J connectivity index is 2.47. The summed E-state index contributed by atoms with van der Waals surface area (Å²) in [6.45, 7) is 9.97. The molecule has 0 aromatic heterocycles. The van der Waals surface area contributed by atoms with Crippen molar-refractivity contribution in [1.29, 1.82) is 0 Å². The van der Waals surface area contributed by atoms with Crippen LogP contribution in [0.2, 0.25) is 0 Å². The molecule has 0 aliphatic carbocycles. The zero-order valence-corrected chi connectivity index (χ0v) is 10.4. The fourth-order valence-corrected chi connectivity index (χ4v) is 1.63. The monoisotopic (exact) mass is 205 g/mol. The summed E-state index contributed by atoms with van der Waals surface area (Å²) >= 11 is 0. The first kappa shape index (κ1) is 12.3. The van der Waals surface area contributed by atoms with Crippen molar-refractivity contribution in [3.63, 3.8) is 0 Å². The predicted octanol–water partition coefficient (Wildman–Crippen LogP) is 3.52. The van der Waals surface area contributed by atoms with Gasteiger partial charge in [0.05, 0.1) is 0 Å². The Bertz CT molecular complexity index is 293. The number of rotatable bonds is 5. The van der Waals surface area contributed by atoms with E-state index in [4.69, 9.17) is 0 Å². The molecule has 0 fully saturated rings. The van der Waals surface area contributed by atoms with Crippen molar-refractivity contribution < 1.29 is 0 Å². The van der Waals surface area contributed by atoms with Crippen LogP contribution in [-0.4, -0.2) is 6.04 Å². The quantitative estimate of drug-likeness (QED) is 0.775. The molecule has 84 valence electrons. The molecule has 1 aromatic carbocycles. The SMILES string of the molecule is CC[C@H](C)[C@@H](C)NCc1ccccc1C. The van der Waals surface area contributed by atoms with Gasteiger partial charge in [0, 0.05) is 12.6 Å². The fraction of sp³-hybridized carbons (Fsp3) is 0.571. The van der Waals surface area contributed by atoms with Crippen LogP contribution in [-0.2, 0) is 6.54 Å². The number of hydrogen-bond donors (Lipinski definition) is 1. The Kier molecular flexibility index (Phi) is 4.83. The molecule has 15 heavy (non-hydrogen) atoms. The molecule has 0 bridgehead atoms. The maximum absolute atomic E-state index is 3.59. The van der Waals surface area contributed by atoms with E-state index in [1.807, 2.05) is 0 Å². The second-order valence-corrected chi connectivity index (χ2v) is 4.48. The summed E-state index contributed by atoms with van der Waals surface area (Å²) in [6, 6.07) is 9.17. The van der Waals surface area contributed by atoms with Crippen LogP contribution in [0.25, 0.3) is 0 Å². The van der Waals surface area contributed by atoms with Gasteiger partial charge in [-0.15, -0.1) is 0 Å². The zero-order chi connectivity index (χ0) is 11.3. The highest BCUT2D eigenvalue weighted by molar-refractivity contribution is 5.25. The van der Waals surface area contributed by atoms with Gasteiger partial charge in [-0.25, -0.2) is 0 Å². The predicted molar refractivity (Wildman–Crippen MR) is 66.9 cm³/mol. The molecule has 0 heterocycles. The van der Waals surface area contributed by atoms with E-state index in [0.717, 1.165) is 12.5 Å². The summed E-state index contributed by atoms with van der Waals surface area (Å²) in [7, 11) is 0. The van der Waals surface area contributed by atoms with Gasteiger partial charge in [0.2, 0.25) is 0 Å². The third-order valence-corrected chi connectivity index (χ3v) is 3.37. The van der Waals surface area contributed by atoms with Crippen LogP contribution in [0.3, 0.4) is 0 Å². The van der Waals surface area contributed by atoms with Crippen LogP contribution in [0.4, 0.5) is 0 Å². The van der Waals surface area contributed by atoms with Crippen molar-refractivity contribution in [2.45, 2.75) is 46.7 Å². The standard InChI is InChI=1S/C14H23N/c1-5-11(2)13(4)15-10-14-9-7-6-8-12(14)3/h6-9,11,13,15H,5,10H2,1-4H3/t11-,13+/m0/s1. The Morgan fingerprint density at radius 2 is 1.87 bits per heavy atom. The normalized spacial score (nSPS) is 14.9. The fourth-order valence-electron chi connectivity index (χ4n) is 1.63. The smallest absolute Gasteiger partial charge is 0.0210 e. The van der Waals surface area contributed by atoms with Gasteiger partial charge in [-0.3, -0.25) is 0 Å². The number of benzene rings is 1. The molecule has 0 unspecified atom stereocenters. The highest BCUT2D eigenvalue weighted by atomic mass is 14.9. The van der Waals surface area contributed by atoms with E-state index in [9.17, 15) is 0 Å². The Morgan fingerprint density at radius 3 is 2.47 bits per heavy atom. The Labute approximate surface area is 93.9 Å². The van der Waals surface area contributed by atoms with E-state index in [2.05, 4.69) is 57.3 Å². The first-order chi connectivity index (χ1) is 7.15. The van der Waals surface area contributed by atoms with E-state index in [-0.39, 0.29) is 0 Å². The summed E-state index contributed by atoms with van der Waals surface area (Å²) in [4.78, 5) is 0. The average molecular weight is 205 g/mol. The molecule has 0 amide bonds. The number of hydrogen-bond acceptors (Lipinski definition) is 1. The molecule has 0 saturated heterocycles. The summed E-state index contributed by atoms with van der Waals surface area (Å²) in [5.41, 5.74) is 2.79. The maximum Gasteiger partial charge on any atom is 0.0210 e. The second kappa shape index (κ2) is 5.92. The van der Waals surface area contributed by atoms with E-state index in [1.54, 1.807) is 0 Å². The van der Waals surface area contributed by atoms with Crippen LogP contribution in [0.5, 0.6) is 0 Å². The molecule has 1 N–H and O–H groups in total. The van der Waals surface area contributed by atoms with Crippen LogP contribution in [0.15, 0.2) is 24.3 Å². The third-order valence-electron chi connectivity index (χ3n) is 3.37. The lowest BCUT2D eigenvalue weighted by atomic mass is 10.0. The summed E-state index contributed by atoms with van der Waals surface area (Å²) in [5.74, 6) is 0.744. The third kappa shape index (κ3) is 3.67. The lowest BCUT2D eigenvalue weighted by Gasteiger charge is -2.20. The molecular formula is C14H23N. The molecule has 0 aliphatic heterocycles. The topological polar surface area (TPSA) is 12.0 Å². The van der Waals surface area contributed by atoms with Gasteiger partial charge < -0.3 is 5.32 Å². The van der Waals surface area contributed by atoms with Gasteiger partial charge in [-0.05, 0) is 30.9 Å². The molecule has 1 heteroatoms. The lowest BCUT2D eigenvalue weighted by Crippen LogP contribution is -2.31. The molecular weight excluding hydrogens is 182 g/mol. The van der Waals surface area contributed by atoms with Gasteiger partial charge >= 0.3 is 0 Å². The zero-order valence-electron chi connectivity index (χ0n) is 10.4. The summed E-state index contributed by atoms with van der Waals surface area (Å²) < 4.78 is 0. The van der Waals surface area contributed by atoms with Gasteiger partial charge in [-0.2, -0.15) is 0 Å². The van der Waals surface area contributed by atoms with Crippen LogP contribution < -0.4 is 5.32 Å². The number of aryl methyl sites for hydroxylation is 1. The minimum atomic E-state index is 0.592. The Morgan fingerprint density at radius 1 is 1.20 bits per heavy atom. The van der Waals surface area contributed by atoms with E-state index < -0.39 is 0 Å². The minimum absolute atomic E-state index is 0.592. The van der Waals surface area contributed by atoms with Crippen molar-refractivity contribution >= 4 is 0 Å². The van der Waals surface area contributed by atoms with Crippen LogP contribution >= 0.6 is 0 Å². The lowest BCUT2D eigenvalue weighted by molar-refractivity contribution is 0.389. The van der Waals surface area contributed by atoms with E-state index in [0.29, 0.717) is 6.04 Å². The molecule has 2 atom stereocenters. The summed E-state index contributed by atoms with van der Waals surface area (Å²) in [5, 5.41) is 3.59. The minimum Gasteiger partial charge on any atom is -0.310 e. The molecule has 0 saturated carbocycles. The first-order valence-electron chi connectivity index (χ1n) is 5.93. The highest BCUT2D eigenvalue weighted by Gasteiger charge is 2.09. The van der Waals surface area contributed by atoms with Crippen LogP contribution in [0, 0.1) is 12.8 Å². The van der Waals surface area contributed by atoms with Crippen molar-refractivity contribution in [1.82, 2.24) is 5.32 Å². The van der Waals surface area contributed by atoms with Crippen molar-refractivity contribution in [2.24, 2.45) is 5.92 Å². The molecule has 0 radical (unpaired) electrons. The van der Waals surface area contributed by atoms with Gasteiger partial charge in [0.1, 0.15) is 0 Å². The van der Waals surface area contributed by atoms with E-state index >= 15 is 0 Å². The molecule has 1 nitrogen and oxygen atoms in total. The summed E-state index contributed by atoms with van der Waals surface area (Å²) in [6.07, 6.45) is 1.24. The molecule has 0 aliphatic rings. The van der Waals surface area contributed by atoms with Crippen LogP contribution in [0.1, 0.15) is 38.3 Å². The second-order valence-electron chi connectivity index (χ2n) is 4.48. The Hall–Kier alpha value is -0.820. The highest BCUT2D eigenvalue weighted by Crippen LogP contribution is 2.10. The molecule has 1 aromatic rings. The molecule has 1 rings (SSSR count). The van der Waals surface area contributed by atoms with Gasteiger partial charge in [0.25, 0.3) is 0 Å². The average Bonchev–Trinajstić information content (AvgIpc) is 2.26. The van der Waals surface area contributed by atoms with Gasteiger partial charge in [-0.1, -0.05) is 44.5 Å². The van der Waals surface area contributed by atoms with Crippen molar-refractivity contribution in [2.75, 3.05) is 0 Å². The largest absolute Gasteiger partial charge is 0.310 e. The molecule has 0 spiro atoms. The van der Waals surface area contributed by atoms with Crippen molar-refractivity contribution in [3.05, 3.63) is 35.4 Å². The first-order valence-corrected chi connectivity index (χ1v) is 5.93. The number of nitrogens with one attached hydrogen (secondary N) is 1. The van der Waals surface area contributed by atoms with E-state index in [1.165, 1.54) is 17.5 Å². The maximum atomic E-state index is 3.59.